The van der Waals surface area contributed by atoms with Gasteiger partial charge in [-0.25, -0.2) is 0 Å². The molecule has 0 bridgehead atoms. The molecule has 1 fully saturated rings. The van der Waals surface area contributed by atoms with E-state index >= 15 is 0 Å². The number of aryl methyl sites for hydroxylation is 3. The summed E-state index contributed by atoms with van der Waals surface area (Å²) in [7, 11) is 0. The molecule has 1 saturated heterocycles. The van der Waals surface area contributed by atoms with E-state index in [1.54, 1.807) is 0 Å². The maximum Gasteiger partial charge on any atom is 0.230 e. The molecular weight excluding hydrogens is 396 g/mol. The summed E-state index contributed by atoms with van der Waals surface area (Å²) in [6.07, 6.45) is 0.691. The average Bonchev–Trinajstić information content (AvgIpc) is 3.29. The highest BCUT2D eigenvalue weighted by Gasteiger charge is 2.34. The van der Waals surface area contributed by atoms with E-state index in [4.69, 9.17) is 0 Å². The molecule has 3 aromatic rings. The van der Waals surface area contributed by atoms with Gasteiger partial charge < -0.3 is 10.2 Å². The van der Waals surface area contributed by atoms with Gasteiger partial charge >= 0.3 is 0 Å². The zero-order chi connectivity index (χ0) is 21.3. The first-order valence-electron chi connectivity index (χ1n) is 9.95. The maximum atomic E-state index is 12.6. The van der Waals surface area contributed by atoms with Gasteiger partial charge in [0.25, 0.3) is 0 Å². The van der Waals surface area contributed by atoms with E-state index in [1.807, 2.05) is 62.1 Å². The molecule has 4 rings (SSSR count). The monoisotopic (exact) mass is 420 g/mol. The van der Waals surface area contributed by atoms with Crippen LogP contribution in [0.1, 0.15) is 39.6 Å². The minimum atomic E-state index is -0.124. The van der Waals surface area contributed by atoms with Crippen LogP contribution in [0.15, 0.2) is 42.5 Å². The second-order valence-electron chi connectivity index (χ2n) is 7.91. The summed E-state index contributed by atoms with van der Waals surface area (Å²) in [5.41, 5.74) is 5.31. The van der Waals surface area contributed by atoms with Crippen molar-refractivity contribution < 1.29 is 9.59 Å². The van der Waals surface area contributed by atoms with Crippen LogP contribution in [0.4, 0.5) is 10.8 Å². The highest BCUT2D eigenvalue weighted by atomic mass is 32.1. The van der Waals surface area contributed by atoms with Crippen LogP contribution < -0.4 is 10.2 Å². The first kappa shape index (κ1) is 20.2. The molecule has 0 unspecified atom stereocenters. The van der Waals surface area contributed by atoms with Crippen LogP contribution >= 0.6 is 11.3 Å². The highest BCUT2D eigenvalue weighted by molar-refractivity contribution is 7.15. The largest absolute Gasteiger partial charge is 0.312 e. The lowest BCUT2D eigenvalue weighted by atomic mass is 10.1. The molecule has 1 aliphatic rings. The van der Waals surface area contributed by atoms with Gasteiger partial charge in [0.05, 0.1) is 6.42 Å². The van der Waals surface area contributed by atoms with Crippen molar-refractivity contribution in [2.24, 2.45) is 0 Å². The van der Waals surface area contributed by atoms with E-state index in [-0.39, 0.29) is 24.2 Å². The van der Waals surface area contributed by atoms with Gasteiger partial charge in [0.15, 0.2) is 0 Å². The summed E-state index contributed by atoms with van der Waals surface area (Å²) in [4.78, 5) is 26.7. The number of aromatic nitrogens is 2. The smallest absolute Gasteiger partial charge is 0.230 e. The number of rotatable bonds is 5. The molecular formula is C23H24N4O2S. The second-order valence-corrected chi connectivity index (χ2v) is 8.92. The summed E-state index contributed by atoms with van der Waals surface area (Å²) in [5.74, 6) is -0.0513. The third-order valence-electron chi connectivity index (χ3n) is 5.16. The Morgan fingerprint density at radius 3 is 2.47 bits per heavy atom. The zero-order valence-electron chi connectivity index (χ0n) is 17.3. The SMILES string of the molecule is Cc1ccc(CC(=O)Nc2nnc([C@@H]3CC(=O)N(c4cc(C)cc(C)c4)C3)s2)cc1. The van der Waals surface area contributed by atoms with Gasteiger partial charge in [-0.2, -0.15) is 0 Å². The molecule has 7 heteroatoms. The molecule has 0 saturated carbocycles. The topological polar surface area (TPSA) is 75.2 Å². The number of nitrogens with one attached hydrogen (secondary N) is 1. The molecule has 1 aromatic heterocycles. The molecule has 6 nitrogen and oxygen atoms in total. The number of amides is 2. The van der Waals surface area contributed by atoms with Crippen LogP contribution in [0.3, 0.4) is 0 Å². The van der Waals surface area contributed by atoms with Crippen molar-refractivity contribution in [1.29, 1.82) is 0 Å². The van der Waals surface area contributed by atoms with Gasteiger partial charge in [0, 0.05) is 24.6 Å². The van der Waals surface area contributed by atoms with E-state index < -0.39 is 0 Å². The summed E-state index contributed by atoms with van der Waals surface area (Å²) >= 11 is 1.34. The fraction of sp³-hybridized carbons (Fsp3) is 0.304. The van der Waals surface area contributed by atoms with Crippen molar-refractivity contribution in [3.8, 4) is 0 Å². The highest BCUT2D eigenvalue weighted by Crippen LogP contribution is 2.34. The van der Waals surface area contributed by atoms with Crippen molar-refractivity contribution >= 4 is 34.0 Å². The maximum absolute atomic E-state index is 12.6. The fourth-order valence-electron chi connectivity index (χ4n) is 3.73. The molecule has 1 atom stereocenters. The van der Waals surface area contributed by atoms with Crippen LogP contribution in [0.5, 0.6) is 0 Å². The number of carbonyl (C=O) groups excluding carboxylic acids is 2. The Morgan fingerprint density at radius 2 is 1.77 bits per heavy atom. The third-order valence-corrected chi connectivity index (χ3v) is 6.17. The number of carbonyl (C=O) groups is 2. The van der Waals surface area contributed by atoms with Gasteiger partial charge in [-0.05, 0) is 49.6 Å². The number of hydrogen-bond acceptors (Lipinski definition) is 5. The van der Waals surface area contributed by atoms with Gasteiger partial charge in [0.2, 0.25) is 16.9 Å². The predicted octanol–water partition coefficient (Wildman–Crippen LogP) is 4.17. The van der Waals surface area contributed by atoms with E-state index in [0.29, 0.717) is 18.1 Å². The summed E-state index contributed by atoms with van der Waals surface area (Å²) < 4.78 is 0. The number of hydrogen-bond donors (Lipinski definition) is 1. The van der Waals surface area contributed by atoms with Crippen LogP contribution in [-0.2, 0) is 16.0 Å². The van der Waals surface area contributed by atoms with Crippen LogP contribution in [0.25, 0.3) is 0 Å². The molecule has 2 aromatic carbocycles. The number of anilines is 2. The molecule has 30 heavy (non-hydrogen) atoms. The van der Waals surface area contributed by atoms with Crippen molar-refractivity contribution in [2.45, 2.75) is 39.5 Å². The zero-order valence-corrected chi connectivity index (χ0v) is 18.1. The standard InChI is InChI=1S/C23H24N4O2S/c1-14-4-6-17(7-5-14)11-20(28)24-23-26-25-22(30-23)18-12-21(29)27(13-18)19-9-15(2)8-16(3)10-19/h4-10,18H,11-13H2,1-3H3,(H,24,26,28)/t18-/m1/s1. The van der Waals surface area contributed by atoms with E-state index in [0.717, 1.165) is 32.9 Å². The quantitative estimate of drug-likeness (QED) is 0.672. The Kier molecular flexibility index (Phi) is 5.63. The average molecular weight is 421 g/mol. The van der Waals surface area contributed by atoms with Crippen molar-refractivity contribution in [2.75, 3.05) is 16.8 Å². The summed E-state index contributed by atoms with van der Waals surface area (Å²) in [5, 5.41) is 12.4. The molecule has 0 aliphatic carbocycles. The van der Waals surface area contributed by atoms with E-state index in [9.17, 15) is 9.59 Å². The van der Waals surface area contributed by atoms with Crippen molar-refractivity contribution in [1.82, 2.24) is 10.2 Å². The van der Waals surface area contributed by atoms with Crippen LogP contribution in [0, 0.1) is 20.8 Å². The van der Waals surface area contributed by atoms with Gasteiger partial charge in [0.1, 0.15) is 5.01 Å². The Balaban J connectivity index is 1.40. The molecule has 154 valence electrons. The molecule has 0 spiro atoms. The van der Waals surface area contributed by atoms with E-state index in [1.165, 1.54) is 11.3 Å². The van der Waals surface area contributed by atoms with Crippen molar-refractivity contribution in [3.63, 3.8) is 0 Å². The fourth-order valence-corrected chi connectivity index (χ4v) is 4.58. The van der Waals surface area contributed by atoms with Gasteiger partial charge in [-0.15, -0.1) is 10.2 Å². The Labute approximate surface area is 180 Å². The first-order chi connectivity index (χ1) is 14.4. The number of benzene rings is 2. The molecule has 0 radical (unpaired) electrons. The third kappa shape index (κ3) is 4.57. The Morgan fingerprint density at radius 1 is 1.07 bits per heavy atom. The molecule has 1 aliphatic heterocycles. The van der Waals surface area contributed by atoms with Crippen LogP contribution in [0.2, 0.25) is 0 Å². The van der Waals surface area contributed by atoms with Gasteiger partial charge in [-0.3, -0.25) is 9.59 Å². The first-order valence-corrected chi connectivity index (χ1v) is 10.8. The minimum absolute atomic E-state index is 0.0152. The summed E-state index contributed by atoms with van der Waals surface area (Å²) in [6.45, 7) is 6.66. The minimum Gasteiger partial charge on any atom is -0.312 e. The number of nitrogens with zero attached hydrogens (tertiary/aromatic N) is 3. The van der Waals surface area contributed by atoms with E-state index in [2.05, 4.69) is 21.6 Å². The van der Waals surface area contributed by atoms with Gasteiger partial charge in [-0.1, -0.05) is 47.2 Å². The molecule has 2 amide bonds. The Hall–Kier alpha value is -3.06. The Bertz CT molecular complexity index is 1070. The summed E-state index contributed by atoms with van der Waals surface area (Å²) in [6, 6.07) is 14.0. The lowest BCUT2D eigenvalue weighted by Gasteiger charge is -2.17. The van der Waals surface area contributed by atoms with Crippen LogP contribution in [-0.4, -0.2) is 28.6 Å². The lowest BCUT2D eigenvalue weighted by Crippen LogP contribution is -2.24. The normalized spacial score (nSPS) is 16.2. The lowest BCUT2D eigenvalue weighted by molar-refractivity contribution is -0.117. The molecule has 2 heterocycles. The second kappa shape index (κ2) is 8.36. The molecule has 1 N–H and O–H groups in total. The van der Waals surface area contributed by atoms with Crippen molar-refractivity contribution in [3.05, 3.63) is 69.7 Å². The predicted molar refractivity (Wildman–Crippen MR) is 119 cm³/mol.